The van der Waals surface area contributed by atoms with E-state index in [1.54, 1.807) is 12.1 Å². The summed E-state index contributed by atoms with van der Waals surface area (Å²) in [6.45, 7) is 2.18. The van der Waals surface area contributed by atoms with Crippen molar-refractivity contribution in [1.29, 1.82) is 0 Å². The van der Waals surface area contributed by atoms with Crippen molar-refractivity contribution in [2.75, 3.05) is 17.7 Å². The molecule has 0 aromatic heterocycles. The summed E-state index contributed by atoms with van der Waals surface area (Å²) < 4.78 is 5.12. The molecule has 1 aromatic carbocycles. The number of benzene rings is 1. The molecule has 21 heavy (non-hydrogen) atoms. The lowest BCUT2D eigenvalue weighted by atomic mass is 9.96. The molecule has 4 nitrogen and oxygen atoms in total. The molecule has 1 aliphatic rings. The first-order chi connectivity index (χ1) is 10.2. The average Bonchev–Trinajstić information content (AvgIpc) is 2.43. The lowest BCUT2D eigenvalue weighted by Crippen LogP contribution is -2.23. The molecular formula is C17H26N2O2. The van der Waals surface area contributed by atoms with E-state index in [9.17, 15) is 4.79 Å². The molecule has 0 aliphatic heterocycles. The second kappa shape index (κ2) is 7.91. The van der Waals surface area contributed by atoms with Crippen LogP contribution >= 0.6 is 0 Å². The number of para-hydroxylation sites is 1. The molecule has 1 aliphatic carbocycles. The fraction of sp³-hybridized carbons (Fsp3) is 0.588. The van der Waals surface area contributed by atoms with E-state index in [0.29, 0.717) is 23.9 Å². The standard InChI is InChI=1S/C17H26N2O2/c1-2-21-17(20)14-11-8-12-15(18)16(14)19-13-9-6-4-3-5-7-10-13/h8,11-13,19H,2-7,9-10,18H2,1H3. The second-order valence-corrected chi connectivity index (χ2v) is 5.68. The van der Waals surface area contributed by atoms with Crippen molar-refractivity contribution in [1.82, 2.24) is 0 Å². The van der Waals surface area contributed by atoms with E-state index >= 15 is 0 Å². The zero-order valence-corrected chi connectivity index (χ0v) is 12.9. The number of nitrogen functional groups attached to an aromatic ring is 1. The molecule has 0 atom stereocenters. The SMILES string of the molecule is CCOC(=O)c1cccc(N)c1NC1CCCCCCC1. The van der Waals surface area contributed by atoms with Crippen LogP contribution < -0.4 is 11.1 Å². The third kappa shape index (κ3) is 4.38. The number of hydrogen-bond acceptors (Lipinski definition) is 4. The Bertz CT molecular complexity index is 466. The molecule has 2 rings (SSSR count). The van der Waals surface area contributed by atoms with Crippen LogP contribution in [0, 0.1) is 0 Å². The lowest BCUT2D eigenvalue weighted by Gasteiger charge is -2.24. The van der Waals surface area contributed by atoms with E-state index in [1.165, 1.54) is 32.1 Å². The Morgan fingerprint density at radius 1 is 1.24 bits per heavy atom. The summed E-state index contributed by atoms with van der Waals surface area (Å²) in [7, 11) is 0. The molecule has 0 unspecified atom stereocenters. The molecule has 0 amide bonds. The summed E-state index contributed by atoms with van der Waals surface area (Å²) in [5, 5.41) is 3.50. The normalized spacial score (nSPS) is 16.8. The fourth-order valence-electron chi connectivity index (χ4n) is 2.91. The highest BCUT2D eigenvalue weighted by Crippen LogP contribution is 2.28. The van der Waals surface area contributed by atoms with Crippen LogP contribution in [0.1, 0.15) is 62.2 Å². The van der Waals surface area contributed by atoms with E-state index in [4.69, 9.17) is 10.5 Å². The summed E-state index contributed by atoms with van der Waals surface area (Å²) >= 11 is 0. The Labute approximate surface area is 127 Å². The molecule has 0 radical (unpaired) electrons. The number of rotatable bonds is 4. The number of carbonyl (C=O) groups excluding carboxylic acids is 1. The Balaban J connectivity index is 2.15. The predicted octanol–water partition coefficient (Wildman–Crippen LogP) is 3.97. The Hall–Kier alpha value is -1.71. The molecule has 1 aromatic rings. The van der Waals surface area contributed by atoms with Crippen LogP contribution in [0.15, 0.2) is 18.2 Å². The smallest absolute Gasteiger partial charge is 0.340 e. The zero-order chi connectivity index (χ0) is 15.1. The van der Waals surface area contributed by atoms with E-state index in [0.717, 1.165) is 18.5 Å². The molecule has 0 spiro atoms. The molecular weight excluding hydrogens is 264 g/mol. The number of ether oxygens (including phenoxy) is 1. The molecule has 4 heteroatoms. The van der Waals surface area contributed by atoms with E-state index < -0.39 is 0 Å². The van der Waals surface area contributed by atoms with E-state index in [-0.39, 0.29) is 5.97 Å². The number of hydrogen-bond donors (Lipinski definition) is 2. The summed E-state index contributed by atoms with van der Waals surface area (Å²) in [4.78, 5) is 12.1. The first-order valence-electron chi connectivity index (χ1n) is 8.04. The monoisotopic (exact) mass is 290 g/mol. The number of nitrogens with two attached hydrogens (primary N) is 1. The minimum Gasteiger partial charge on any atom is -0.462 e. The maximum atomic E-state index is 12.1. The van der Waals surface area contributed by atoms with Gasteiger partial charge in [-0.05, 0) is 31.9 Å². The minimum absolute atomic E-state index is 0.307. The first kappa shape index (κ1) is 15.7. The fourth-order valence-corrected chi connectivity index (χ4v) is 2.91. The van der Waals surface area contributed by atoms with Crippen LogP contribution in [-0.2, 0) is 4.74 Å². The summed E-state index contributed by atoms with van der Waals surface area (Å²) in [5.74, 6) is -0.307. The highest BCUT2D eigenvalue weighted by molar-refractivity contribution is 5.98. The molecule has 0 bridgehead atoms. The van der Waals surface area contributed by atoms with Gasteiger partial charge in [0.2, 0.25) is 0 Å². The van der Waals surface area contributed by atoms with Crippen LogP contribution in [-0.4, -0.2) is 18.6 Å². The molecule has 1 fully saturated rings. The van der Waals surface area contributed by atoms with Gasteiger partial charge in [0.15, 0.2) is 0 Å². The van der Waals surface area contributed by atoms with Crippen molar-refractivity contribution < 1.29 is 9.53 Å². The van der Waals surface area contributed by atoms with Crippen molar-refractivity contribution >= 4 is 17.3 Å². The highest BCUT2D eigenvalue weighted by Gasteiger charge is 2.18. The van der Waals surface area contributed by atoms with Gasteiger partial charge < -0.3 is 15.8 Å². The number of nitrogens with one attached hydrogen (secondary N) is 1. The zero-order valence-electron chi connectivity index (χ0n) is 12.9. The van der Waals surface area contributed by atoms with Crippen molar-refractivity contribution in [3.05, 3.63) is 23.8 Å². The van der Waals surface area contributed by atoms with E-state index in [2.05, 4.69) is 5.32 Å². The topological polar surface area (TPSA) is 64.3 Å². The third-order valence-electron chi connectivity index (χ3n) is 4.05. The van der Waals surface area contributed by atoms with Crippen molar-refractivity contribution in [3.8, 4) is 0 Å². The van der Waals surface area contributed by atoms with Gasteiger partial charge >= 0.3 is 5.97 Å². The highest BCUT2D eigenvalue weighted by atomic mass is 16.5. The minimum atomic E-state index is -0.307. The summed E-state index contributed by atoms with van der Waals surface area (Å²) in [6, 6.07) is 5.79. The van der Waals surface area contributed by atoms with Gasteiger partial charge in [0, 0.05) is 6.04 Å². The second-order valence-electron chi connectivity index (χ2n) is 5.68. The van der Waals surface area contributed by atoms with Gasteiger partial charge in [0.1, 0.15) is 0 Å². The van der Waals surface area contributed by atoms with Gasteiger partial charge in [0.25, 0.3) is 0 Å². The molecule has 3 N–H and O–H groups in total. The third-order valence-corrected chi connectivity index (χ3v) is 4.05. The molecule has 0 saturated heterocycles. The van der Waals surface area contributed by atoms with Crippen LogP contribution in [0.3, 0.4) is 0 Å². The quantitative estimate of drug-likeness (QED) is 0.650. The van der Waals surface area contributed by atoms with Gasteiger partial charge in [-0.3, -0.25) is 0 Å². The van der Waals surface area contributed by atoms with Crippen LogP contribution in [0.2, 0.25) is 0 Å². The largest absolute Gasteiger partial charge is 0.462 e. The maximum absolute atomic E-state index is 12.1. The number of esters is 1. The van der Waals surface area contributed by atoms with E-state index in [1.807, 2.05) is 13.0 Å². The van der Waals surface area contributed by atoms with Crippen molar-refractivity contribution in [2.24, 2.45) is 0 Å². The van der Waals surface area contributed by atoms with Gasteiger partial charge in [-0.15, -0.1) is 0 Å². The van der Waals surface area contributed by atoms with Gasteiger partial charge in [-0.25, -0.2) is 4.79 Å². The summed E-state index contributed by atoms with van der Waals surface area (Å²) in [5.41, 5.74) is 7.96. The Morgan fingerprint density at radius 2 is 1.90 bits per heavy atom. The number of anilines is 2. The summed E-state index contributed by atoms with van der Waals surface area (Å²) in [6.07, 6.45) is 8.68. The average molecular weight is 290 g/mol. The first-order valence-corrected chi connectivity index (χ1v) is 8.04. The van der Waals surface area contributed by atoms with Crippen LogP contribution in [0.4, 0.5) is 11.4 Å². The van der Waals surface area contributed by atoms with Gasteiger partial charge in [0.05, 0.1) is 23.5 Å². The van der Waals surface area contributed by atoms with Crippen molar-refractivity contribution in [3.63, 3.8) is 0 Å². The van der Waals surface area contributed by atoms with Crippen LogP contribution in [0.5, 0.6) is 0 Å². The Kier molecular flexibility index (Phi) is 5.90. The predicted molar refractivity (Wildman–Crippen MR) is 86.5 cm³/mol. The Morgan fingerprint density at radius 3 is 2.57 bits per heavy atom. The van der Waals surface area contributed by atoms with Gasteiger partial charge in [-0.2, -0.15) is 0 Å². The molecule has 1 saturated carbocycles. The van der Waals surface area contributed by atoms with Gasteiger partial charge in [-0.1, -0.05) is 38.2 Å². The lowest BCUT2D eigenvalue weighted by molar-refractivity contribution is 0.0527. The van der Waals surface area contributed by atoms with Crippen molar-refractivity contribution in [2.45, 2.75) is 57.9 Å². The molecule has 0 heterocycles. The van der Waals surface area contributed by atoms with Crippen LogP contribution in [0.25, 0.3) is 0 Å². The maximum Gasteiger partial charge on any atom is 0.340 e. The number of carbonyl (C=O) groups is 1. The molecule has 116 valence electrons.